The van der Waals surface area contributed by atoms with Crippen molar-refractivity contribution in [3.8, 4) is 5.75 Å². The summed E-state index contributed by atoms with van der Waals surface area (Å²) in [6.45, 7) is 4.67. The first kappa shape index (κ1) is 20.1. The zero-order valence-electron chi connectivity index (χ0n) is 13.9. The van der Waals surface area contributed by atoms with Gasteiger partial charge in [0.05, 0.1) is 0 Å². The van der Waals surface area contributed by atoms with Crippen LogP contribution in [0.2, 0.25) is 0 Å². The lowest BCUT2D eigenvalue weighted by Crippen LogP contribution is -2.38. The van der Waals surface area contributed by atoms with Crippen LogP contribution in [0, 0.1) is 0 Å². The van der Waals surface area contributed by atoms with Gasteiger partial charge in [0.1, 0.15) is 5.75 Å². The van der Waals surface area contributed by atoms with E-state index in [-0.39, 0.29) is 5.75 Å². The summed E-state index contributed by atoms with van der Waals surface area (Å²) in [4.78, 5) is 4.41. The normalized spacial score (nSPS) is 12.1. The maximum atomic E-state index is 12.1. The summed E-state index contributed by atoms with van der Waals surface area (Å²) in [5, 5.41) is 6.32. The molecule has 1 aromatic carbocycles. The fourth-order valence-corrected chi connectivity index (χ4v) is 1.92. The van der Waals surface area contributed by atoms with Gasteiger partial charge in [-0.05, 0) is 37.5 Å². The molecule has 1 rings (SSSR count). The highest BCUT2D eigenvalue weighted by Gasteiger charge is 2.30. The number of halogens is 3. The van der Waals surface area contributed by atoms with Gasteiger partial charge >= 0.3 is 6.36 Å². The molecule has 2 N–H and O–H groups in total. The molecular formula is C16H24F3N3O2. The maximum absolute atomic E-state index is 12.1. The number of hydrogen-bond acceptors (Lipinski definition) is 3. The van der Waals surface area contributed by atoms with Gasteiger partial charge in [0, 0.05) is 33.4 Å². The van der Waals surface area contributed by atoms with Crippen molar-refractivity contribution in [2.45, 2.75) is 26.1 Å². The number of nitrogens with one attached hydrogen (secondary N) is 2. The van der Waals surface area contributed by atoms with Crippen LogP contribution in [-0.4, -0.2) is 45.7 Å². The minimum atomic E-state index is -4.66. The number of hydrogen-bond donors (Lipinski definition) is 2. The number of nitrogens with zero attached hydrogens (tertiary/aromatic N) is 1. The number of rotatable bonds is 9. The van der Waals surface area contributed by atoms with Crippen molar-refractivity contribution < 1.29 is 22.6 Å². The molecule has 0 spiro atoms. The van der Waals surface area contributed by atoms with Crippen LogP contribution >= 0.6 is 0 Å². The molecule has 0 aromatic heterocycles. The Morgan fingerprint density at radius 2 is 1.88 bits per heavy atom. The third-order valence-corrected chi connectivity index (χ3v) is 2.98. The van der Waals surface area contributed by atoms with Crippen LogP contribution in [0.3, 0.4) is 0 Å². The van der Waals surface area contributed by atoms with Gasteiger partial charge in [-0.15, -0.1) is 13.2 Å². The van der Waals surface area contributed by atoms with Crippen LogP contribution in [0.5, 0.6) is 5.75 Å². The minimum Gasteiger partial charge on any atom is -0.406 e. The van der Waals surface area contributed by atoms with Crippen LogP contribution in [0.4, 0.5) is 13.2 Å². The lowest BCUT2D eigenvalue weighted by Gasteiger charge is -2.12. The van der Waals surface area contributed by atoms with E-state index >= 15 is 0 Å². The molecule has 1 aromatic rings. The SMILES string of the molecule is CCNC(=NCCCOC)NCCc1ccc(OC(F)(F)F)cc1. The van der Waals surface area contributed by atoms with Crippen LogP contribution in [0.15, 0.2) is 29.3 Å². The largest absolute Gasteiger partial charge is 0.573 e. The van der Waals surface area contributed by atoms with Crippen LogP contribution in [0.25, 0.3) is 0 Å². The molecule has 0 unspecified atom stereocenters. The van der Waals surface area contributed by atoms with Crippen molar-refractivity contribution >= 4 is 5.96 Å². The molecule has 0 amide bonds. The van der Waals surface area contributed by atoms with Crippen molar-refractivity contribution in [1.29, 1.82) is 0 Å². The van der Waals surface area contributed by atoms with E-state index in [1.165, 1.54) is 12.1 Å². The Kier molecular flexibility index (Phi) is 8.99. The quantitative estimate of drug-likeness (QED) is 0.410. The van der Waals surface area contributed by atoms with Gasteiger partial charge in [-0.1, -0.05) is 12.1 Å². The van der Waals surface area contributed by atoms with Crippen molar-refractivity contribution in [3.63, 3.8) is 0 Å². The number of benzene rings is 1. The molecule has 0 fully saturated rings. The number of methoxy groups -OCH3 is 1. The molecule has 0 atom stereocenters. The molecule has 0 radical (unpaired) electrons. The molecular weight excluding hydrogens is 323 g/mol. The first-order valence-corrected chi connectivity index (χ1v) is 7.80. The third kappa shape index (κ3) is 9.24. The second kappa shape index (κ2) is 10.7. The summed E-state index contributed by atoms with van der Waals surface area (Å²) in [6.07, 6.45) is -3.16. The Balaban J connectivity index is 2.40. The summed E-state index contributed by atoms with van der Waals surface area (Å²) in [5.41, 5.74) is 0.909. The fourth-order valence-electron chi connectivity index (χ4n) is 1.92. The summed E-state index contributed by atoms with van der Waals surface area (Å²) in [7, 11) is 1.65. The molecule has 0 heterocycles. The first-order chi connectivity index (χ1) is 11.4. The van der Waals surface area contributed by atoms with E-state index in [1.807, 2.05) is 6.92 Å². The van der Waals surface area contributed by atoms with Crippen LogP contribution in [-0.2, 0) is 11.2 Å². The van der Waals surface area contributed by atoms with Crippen LogP contribution < -0.4 is 15.4 Å². The first-order valence-electron chi connectivity index (χ1n) is 7.80. The third-order valence-electron chi connectivity index (χ3n) is 2.98. The van der Waals surface area contributed by atoms with Gasteiger partial charge in [0.15, 0.2) is 5.96 Å². The Bertz CT molecular complexity index is 490. The topological polar surface area (TPSA) is 54.9 Å². The summed E-state index contributed by atoms with van der Waals surface area (Å²) >= 11 is 0. The average Bonchev–Trinajstić information content (AvgIpc) is 2.52. The Morgan fingerprint density at radius 3 is 2.46 bits per heavy atom. The lowest BCUT2D eigenvalue weighted by atomic mass is 10.1. The van der Waals surface area contributed by atoms with E-state index < -0.39 is 6.36 Å². The second-order valence-electron chi connectivity index (χ2n) is 4.98. The van der Waals surface area contributed by atoms with E-state index in [0.717, 1.165) is 18.5 Å². The van der Waals surface area contributed by atoms with Gasteiger partial charge < -0.3 is 20.1 Å². The standard InChI is InChI=1S/C16H24F3N3O2/c1-3-20-15(21-10-4-12-23-2)22-11-9-13-5-7-14(8-6-13)24-16(17,18)19/h5-8H,3-4,9-12H2,1-2H3,(H2,20,21,22). The second-order valence-corrected chi connectivity index (χ2v) is 4.98. The van der Waals surface area contributed by atoms with Crippen molar-refractivity contribution in [3.05, 3.63) is 29.8 Å². The van der Waals surface area contributed by atoms with E-state index in [1.54, 1.807) is 19.2 Å². The minimum absolute atomic E-state index is 0.216. The zero-order valence-corrected chi connectivity index (χ0v) is 13.9. The maximum Gasteiger partial charge on any atom is 0.573 e. The fraction of sp³-hybridized carbons (Fsp3) is 0.562. The molecule has 0 bridgehead atoms. The molecule has 8 heteroatoms. The molecule has 136 valence electrons. The number of alkyl halides is 3. The summed E-state index contributed by atoms with van der Waals surface area (Å²) in [6, 6.07) is 5.86. The Labute approximate surface area is 140 Å². The number of ether oxygens (including phenoxy) is 2. The van der Waals surface area contributed by atoms with Gasteiger partial charge in [-0.25, -0.2) is 0 Å². The van der Waals surface area contributed by atoms with E-state index in [4.69, 9.17) is 4.74 Å². The molecule has 0 saturated heterocycles. The van der Waals surface area contributed by atoms with Gasteiger partial charge in [0.2, 0.25) is 0 Å². The van der Waals surface area contributed by atoms with E-state index in [2.05, 4.69) is 20.4 Å². The highest BCUT2D eigenvalue weighted by atomic mass is 19.4. The number of guanidine groups is 1. The van der Waals surface area contributed by atoms with E-state index in [9.17, 15) is 13.2 Å². The van der Waals surface area contributed by atoms with Gasteiger partial charge in [-0.2, -0.15) is 0 Å². The lowest BCUT2D eigenvalue weighted by molar-refractivity contribution is -0.274. The highest BCUT2D eigenvalue weighted by Crippen LogP contribution is 2.22. The van der Waals surface area contributed by atoms with Crippen molar-refractivity contribution in [2.75, 3.05) is 33.4 Å². The Hall–Kier alpha value is -1.96. The zero-order chi connectivity index (χ0) is 17.8. The molecule has 0 aliphatic rings. The van der Waals surface area contributed by atoms with Crippen molar-refractivity contribution in [1.82, 2.24) is 10.6 Å². The monoisotopic (exact) mass is 347 g/mol. The molecule has 0 aliphatic heterocycles. The number of aliphatic imine (C=N–C) groups is 1. The summed E-state index contributed by atoms with van der Waals surface area (Å²) in [5.74, 6) is 0.498. The molecule has 5 nitrogen and oxygen atoms in total. The average molecular weight is 347 g/mol. The predicted molar refractivity (Wildman–Crippen MR) is 87.3 cm³/mol. The smallest absolute Gasteiger partial charge is 0.406 e. The predicted octanol–water partition coefficient (Wildman–Crippen LogP) is 2.72. The van der Waals surface area contributed by atoms with Crippen LogP contribution in [0.1, 0.15) is 18.9 Å². The molecule has 24 heavy (non-hydrogen) atoms. The van der Waals surface area contributed by atoms with Gasteiger partial charge in [-0.3, -0.25) is 4.99 Å². The highest BCUT2D eigenvalue weighted by molar-refractivity contribution is 5.79. The molecule has 0 saturated carbocycles. The summed E-state index contributed by atoms with van der Waals surface area (Å²) < 4.78 is 45.1. The Morgan fingerprint density at radius 1 is 1.17 bits per heavy atom. The van der Waals surface area contributed by atoms with E-state index in [0.29, 0.717) is 32.1 Å². The van der Waals surface area contributed by atoms with Crippen molar-refractivity contribution in [2.24, 2.45) is 4.99 Å². The molecule has 0 aliphatic carbocycles. The van der Waals surface area contributed by atoms with Gasteiger partial charge in [0.25, 0.3) is 0 Å².